The van der Waals surface area contributed by atoms with Crippen LogP contribution in [0.4, 0.5) is 0 Å². The number of halogens is 1. The normalized spacial score (nSPS) is 10.9. The summed E-state index contributed by atoms with van der Waals surface area (Å²) >= 11 is 6.44. The van der Waals surface area contributed by atoms with Crippen molar-refractivity contribution in [3.8, 4) is 0 Å². The number of benzene rings is 2. The summed E-state index contributed by atoms with van der Waals surface area (Å²) in [7, 11) is 0. The van der Waals surface area contributed by atoms with Gasteiger partial charge in [0.2, 0.25) is 0 Å². The third kappa shape index (κ3) is 2.12. The number of carbonyl (C=O) groups excluding carboxylic acids is 1. The molecule has 0 N–H and O–H groups in total. The highest BCUT2D eigenvalue weighted by Gasteiger charge is 2.18. The Balaban J connectivity index is 2.20. The van der Waals surface area contributed by atoms with Gasteiger partial charge in [0, 0.05) is 11.9 Å². The van der Waals surface area contributed by atoms with Crippen LogP contribution >= 0.6 is 11.6 Å². The third-order valence-corrected chi connectivity index (χ3v) is 3.84. The smallest absolute Gasteiger partial charge is 0.163 e. The summed E-state index contributed by atoms with van der Waals surface area (Å²) in [6.07, 6.45) is 0. The number of Topliss-reactive ketones (excluding diaryl/α,β-unsaturated/α-hetero) is 1. The molecule has 0 radical (unpaired) electrons. The van der Waals surface area contributed by atoms with Crippen LogP contribution in [-0.2, 0) is 6.54 Å². The molecule has 2 aromatic carbocycles. The first kappa shape index (κ1) is 12.9. The van der Waals surface area contributed by atoms with E-state index in [9.17, 15) is 4.79 Å². The van der Waals surface area contributed by atoms with Crippen LogP contribution < -0.4 is 0 Å². The van der Waals surface area contributed by atoms with Crippen molar-refractivity contribution in [3.63, 3.8) is 0 Å². The number of hydrogen-bond acceptors (Lipinski definition) is 1. The Morgan fingerprint density at radius 3 is 2.40 bits per heavy atom. The maximum Gasteiger partial charge on any atom is 0.163 e. The molecule has 0 saturated carbocycles. The minimum absolute atomic E-state index is 0.00184. The number of nitrogens with zero attached hydrogens (tertiary/aromatic N) is 1. The van der Waals surface area contributed by atoms with E-state index in [2.05, 4.69) is 12.1 Å². The summed E-state index contributed by atoms with van der Waals surface area (Å²) in [4.78, 5) is 11.8. The van der Waals surface area contributed by atoms with Crippen molar-refractivity contribution in [1.29, 1.82) is 0 Å². The molecule has 20 heavy (non-hydrogen) atoms. The van der Waals surface area contributed by atoms with Crippen molar-refractivity contribution < 1.29 is 4.79 Å². The minimum Gasteiger partial charge on any atom is -0.327 e. The van der Waals surface area contributed by atoms with Crippen LogP contribution in [-0.4, -0.2) is 10.4 Å². The second kappa shape index (κ2) is 5.14. The van der Waals surface area contributed by atoms with E-state index in [1.165, 1.54) is 0 Å². The van der Waals surface area contributed by atoms with Gasteiger partial charge in [-0.3, -0.25) is 4.79 Å². The van der Waals surface area contributed by atoms with E-state index < -0.39 is 0 Å². The molecule has 0 spiro atoms. The van der Waals surface area contributed by atoms with Crippen molar-refractivity contribution >= 4 is 28.3 Å². The van der Waals surface area contributed by atoms with Crippen LogP contribution in [0.2, 0.25) is 5.15 Å². The lowest BCUT2D eigenvalue weighted by Gasteiger charge is -2.07. The minimum atomic E-state index is -0.00184. The first-order valence-electron chi connectivity index (χ1n) is 6.50. The lowest BCUT2D eigenvalue weighted by atomic mass is 10.1. The molecule has 3 aromatic rings. The van der Waals surface area contributed by atoms with Gasteiger partial charge in [0.15, 0.2) is 5.78 Å². The molecule has 0 aliphatic rings. The lowest BCUT2D eigenvalue weighted by Crippen LogP contribution is -2.00. The van der Waals surface area contributed by atoms with Crippen molar-refractivity contribution in [2.75, 3.05) is 0 Å². The highest BCUT2D eigenvalue weighted by Crippen LogP contribution is 2.31. The van der Waals surface area contributed by atoms with E-state index in [1.807, 2.05) is 47.0 Å². The Morgan fingerprint density at radius 2 is 1.70 bits per heavy atom. The number of hydrogen-bond donors (Lipinski definition) is 0. The van der Waals surface area contributed by atoms with Gasteiger partial charge in [-0.05, 0) is 18.6 Å². The lowest BCUT2D eigenvalue weighted by molar-refractivity contribution is 0.101. The number of para-hydroxylation sites is 1. The van der Waals surface area contributed by atoms with Gasteiger partial charge < -0.3 is 4.57 Å². The maximum absolute atomic E-state index is 11.8. The maximum atomic E-state index is 11.8. The Kier molecular flexibility index (Phi) is 3.33. The monoisotopic (exact) mass is 283 g/mol. The Hall–Kier alpha value is -2.06. The fourth-order valence-corrected chi connectivity index (χ4v) is 2.91. The van der Waals surface area contributed by atoms with Crippen LogP contribution in [0.25, 0.3) is 10.9 Å². The highest BCUT2D eigenvalue weighted by atomic mass is 35.5. The summed E-state index contributed by atoms with van der Waals surface area (Å²) in [5.74, 6) is -0.00184. The molecule has 0 amide bonds. The van der Waals surface area contributed by atoms with Crippen molar-refractivity contribution in [1.82, 2.24) is 4.57 Å². The molecule has 3 rings (SSSR count). The van der Waals surface area contributed by atoms with Gasteiger partial charge in [0.25, 0.3) is 0 Å². The van der Waals surface area contributed by atoms with Gasteiger partial charge in [-0.1, -0.05) is 60.1 Å². The van der Waals surface area contributed by atoms with E-state index in [0.717, 1.165) is 16.5 Å². The molecular formula is C17H14ClNO. The molecule has 0 atom stereocenters. The second-order valence-electron chi connectivity index (χ2n) is 4.81. The van der Waals surface area contributed by atoms with Crippen LogP contribution in [0.3, 0.4) is 0 Å². The highest BCUT2D eigenvalue weighted by molar-refractivity contribution is 6.35. The zero-order chi connectivity index (χ0) is 14.1. The van der Waals surface area contributed by atoms with Gasteiger partial charge in [0.05, 0.1) is 11.1 Å². The van der Waals surface area contributed by atoms with E-state index in [0.29, 0.717) is 17.3 Å². The third-order valence-electron chi connectivity index (χ3n) is 3.44. The van der Waals surface area contributed by atoms with E-state index in [-0.39, 0.29) is 5.78 Å². The molecule has 3 heteroatoms. The van der Waals surface area contributed by atoms with Gasteiger partial charge in [-0.2, -0.15) is 0 Å². The number of rotatable bonds is 3. The van der Waals surface area contributed by atoms with Gasteiger partial charge in [-0.15, -0.1) is 0 Å². The zero-order valence-corrected chi connectivity index (χ0v) is 11.9. The van der Waals surface area contributed by atoms with Crippen molar-refractivity contribution in [2.24, 2.45) is 0 Å². The molecule has 0 bridgehead atoms. The van der Waals surface area contributed by atoms with E-state index >= 15 is 0 Å². The number of aromatic nitrogens is 1. The molecule has 100 valence electrons. The first-order valence-corrected chi connectivity index (χ1v) is 6.88. The van der Waals surface area contributed by atoms with Crippen LogP contribution in [0.1, 0.15) is 22.8 Å². The summed E-state index contributed by atoms with van der Waals surface area (Å²) in [5, 5.41) is 1.43. The SMILES string of the molecule is CC(=O)c1c(Cl)n(Cc2ccccc2)c2ccccc12. The van der Waals surface area contributed by atoms with Gasteiger partial charge >= 0.3 is 0 Å². The summed E-state index contributed by atoms with van der Waals surface area (Å²) < 4.78 is 1.99. The summed E-state index contributed by atoms with van der Waals surface area (Å²) in [6, 6.07) is 17.9. The Morgan fingerprint density at radius 1 is 1.05 bits per heavy atom. The topological polar surface area (TPSA) is 22.0 Å². The average Bonchev–Trinajstić information content (AvgIpc) is 2.73. The number of ketones is 1. The standard InChI is InChI=1S/C17H14ClNO/c1-12(20)16-14-9-5-6-10-15(14)19(17(16)18)11-13-7-3-2-4-8-13/h2-10H,11H2,1H3. The molecule has 0 saturated heterocycles. The first-order chi connectivity index (χ1) is 9.68. The number of fused-ring (bicyclic) bond motifs is 1. The molecular weight excluding hydrogens is 270 g/mol. The molecule has 0 aliphatic heterocycles. The fourth-order valence-electron chi connectivity index (χ4n) is 2.53. The average molecular weight is 284 g/mol. The predicted molar refractivity (Wildman–Crippen MR) is 82.5 cm³/mol. The molecule has 2 nitrogen and oxygen atoms in total. The molecule has 0 unspecified atom stereocenters. The second-order valence-corrected chi connectivity index (χ2v) is 5.17. The molecule has 1 aromatic heterocycles. The number of carbonyl (C=O) groups is 1. The summed E-state index contributed by atoms with van der Waals surface area (Å²) in [6.45, 7) is 2.22. The Labute approximate surface area is 122 Å². The van der Waals surface area contributed by atoms with Crippen LogP contribution in [0, 0.1) is 0 Å². The molecule has 1 heterocycles. The van der Waals surface area contributed by atoms with Crippen LogP contribution in [0.5, 0.6) is 0 Å². The summed E-state index contributed by atoms with van der Waals surface area (Å²) in [5.41, 5.74) is 2.76. The van der Waals surface area contributed by atoms with Crippen molar-refractivity contribution in [2.45, 2.75) is 13.5 Å². The fraction of sp³-hybridized carbons (Fsp3) is 0.118. The van der Waals surface area contributed by atoms with E-state index in [1.54, 1.807) is 6.92 Å². The van der Waals surface area contributed by atoms with Crippen LogP contribution in [0.15, 0.2) is 54.6 Å². The molecule has 0 aliphatic carbocycles. The molecule has 0 fully saturated rings. The van der Waals surface area contributed by atoms with Crippen molar-refractivity contribution in [3.05, 3.63) is 70.9 Å². The van der Waals surface area contributed by atoms with Gasteiger partial charge in [0.1, 0.15) is 5.15 Å². The largest absolute Gasteiger partial charge is 0.327 e. The van der Waals surface area contributed by atoms with E-state index in [4.69, 9.17) is 11.6 Å². The van der Waals surface area contributed by atoms with Gasteiger partial charge in [-0.25, -0.2) is 0 Å². The zero-order valence-electron chi connectivity index (χ0n) is 11.1. The Bertz CT molecular complexity index is 774. The quantitative estimate of drug-likeness (QED) is 0.647. The predicted octanol–water partition coefficient (Wildman–Crippen LogP) is 4.55.